The molecule has 90 valence electrons. The topological polar surface area (TPSA) is 29.5 Å². The van der Waals surface area contributed by atoms with Gasteiger partial charge in [0.1, 0.15) is 11.9 Å². The fraction of sp³-hybridized carbons (Fsp3) is 0.167. The van der Waals surface area contributed by atoms with Crippen molar-refractivity contribution < 1.29 is 9.84 Å². The van der Waals surface area contributed by atoms with E-state index >= 15 is 0 Å². The lowest BCUT2D eigenvalue weighted by atomic mass is 10.1. The van der Waals surface area contributed by atoms with E-state index in [9.17, 15) is 5.11 Å². The molecule has 0 saturated heterocycles. The summed E-state index contributed by atoms with van der Waals surface area (Å²) >= 11 is 13.1. The number of halogens is 2. The van der Waals surface area contributed by atoms with Crippen LogP contribution >= 0.6 is 34.5 Å². The van der Waals surface area contributed by atoms with Gasteiger partial charge in [-0.3, -0.25) is 0 Å². The molecule has 2 aromatic rings. The predicted molar refractivity (Wildman–Crippen MR) is 71.4 cm³/mol. The van der Waals surface area contributed by atoms with Crippen molar-refractivity contribution in [2.24, 2.45) is 0 Å². The Morgan fingerprint density at radius 3 is 2.59 bits per heavy atom. The van der Waals surface area contributed by atoms with Gasteiger partial charge in [-0.25, -0.2) is 0 Å². The lowest BCUT2D eigenvalue weighted by Gasteiger charge is -2.13. The first-order chi connectivity index (χ1) is 8.11. The van der Waals surface area contributed by atoms with Crippen LogP contribution in [0.1, 0.15) is 16.5 Å². The lowest BCUT2D eigenvalue weighted by molar-refractivity contribution is 0.218. The second-order valence-electron chi connectivity index (χ2n) is 3.43. The molecule has 1 aromatic carbocycles. The molecule has 5 heteroatoms. The van der Waals surface area contributed by atoms with E-state index in [-0.39, 0.29) is 0 Å². The molecule has 2 rings (SSSR count). The number of rotatable bonds is 3. The van der Waals surface area contributed by atoms with Crippen molar-refractivity contribution in [1.82, 2.24) is 0 Å². The molecule has 1 aromatic heterocycles. The maximum absolute atomic E-state index is 10.2. The average Bonchev–Trinajstić information content (AvgIpc) is 2.75. The number of thiophene rings is 1. The van der Waals surface area contributed by atoms with Gasteiger partial charge in [-0.1, -0.05) is 29.3 Å². The zero-order chi connectivity index (χ0) is 12.4. The summed E-state index contributed by atoms with van der Waals surface area (Å²) in [6.07, 6.45) is -0.750. The van der Waals surface area contributed by atoms with E-state index < -0.39 is 6.10 Å². The highest BCUT2D eigenvalue weighted by atomic mass is 35.5. The van der Waals surface area contributed by atoms with Gasteiger partial charge in [0.15, 0.2) is 0 Å². The summed E-state index contributed by atoms with van der Waals surface area (Å²) in [6, 6.07) is 8.70. The molecule has 0 saturated carbocycles. The van der Waals surface area contributed by atoms with Gasteiger partial charge >= 0.3 is 0 Å². The van der Waals surface area contributed by atoms with Gasteiger partial charge in [0.2, 0.25) is 0 Å². The van der Waals surface area contributed by atoms with Gasteiger partial charge < -0.3 is 9.84 Å². The van der Waals surface area contributed by atoms with Crippen molar-refractivity contribution >= 4 is 34.5 Å². The van der Waals surface area contributed by atoms with Crippen LogP contribution in [-0.4, -0.2) is 12.2 Å². The number of ether oxygens (including phenoxy) is 1. The van der Waals surface area contributed by atoms with Gasteiger partial charge in [-0.2, -0.15) is 0 Å². The van der Waals surface area contributed by atoms with Gasteiger partial charge in [-0.05, 0) is 24.3 Å². The van der Waals surface area contributed by atoms with Crippen LogP contribution in [0.5, 0.6) is 5.75 Å². The van der Waals surface area contributed by atoms with Crippen LogP contribution in [0.3, 0.4) is 0 Å². The molecule has 0 radical (unpaired) electrons. The highest BCUT2D eigenvalue weighted by Crippen LogP contribution is 2.36. The summed E-state index contributed by atoms with van der Waals surface area (Å²) in [4.78, 5) is 0.774. The van der Waals surface area contributed by atoms with Crippen LogP contribution in [-0.2, 0) is 0 Å². The number of aliphatic hydroxyl groups is 1. The van der Waals surface area contributed by atoms with Gasteiger partial charge in [-0.15, -0.1) is 11.3 Å². The molecule has 2 nitrogen and oxygen atoms in total. The molecule has 0 bridgehead atoms. The maximum atomic E-state index is 10.2. The third-order valence-corrected chi connectivity index (χ3v) is 3.87. The van der Waals surface area contributed by atoms with E-state index in [2.05, 4.69) is 0 Å². The summed E-state index contributed by atoms with van der Waals surface area (Å²) in [5.41, 5.74) is 0.676. The monoisotopic (exact) mass is 288 g/mol. The SMILES string of the molecule is COc1cc(Cl)ccc1C(O)c1ccc(Cl)s1. The summed E-state index contributed by atoms with van der Waals surface area (Å²) < 4.78 is 5.85. The van der Waals surface area contributed by atoms with Crippen LogP contribution in [0.15, 0.2) is 30.3 Å². The van der Waals surface area contributed by atoms with Gasteiger partial charge in [0, 0.05) is 15.5 Å². The minimum atomic E-state index is -0.750. The highest BCUT2D eigenvalue weighted by molar-refractivity contribution is 7.16. The largest absolute Gasteiger partial charge is 0.496 e. The predicted octanol–water partition coefficient (Wildman–Crippen LogP) is 4.15. The Hall–Kier alpha value is -0.740. The van der Waals surface area contributed by atoms with Crippen molar-refractivity contribution in [1.29, 1.82) is 0 Å². The first-order valence-electron chi connectivity index (χ1n) is 4.88. The minimum Gasteiger partial charge on any atom is -0.496 e. The molecule has 1 N–H and O–H groups in total. The minimum absolute atomic E-state index is 0.564. The summed E-state index contributed by atoms with van der Waals surface area (Å²) in [6.45, 7) is 0. The molecule has 0 spiro atoms. The fourth-order valence-corrected chi connectivity index (χ4v) is 2.77. The number of benzene rings is 1. The number of hydrogen-bond acceptors (Lipinski definition) is 3. The van der Waals surface area contributed by atoms with Gasteiger partial charge in [0.05, 0.1) is 11.4 Å². The molecular formula is C12H10Cl2O2S. The van der Waals surface area contributed by atoms with E-state index in [0.717, 1.165) is 4.88 Å². The number of aliphatic hydroxyl groups excluding tert-OH is 1. The smallest absolute Gasteiger partial charge is 0.126 e. The van der Waals surface area contributed by atoms with Crippen LogP contribution in [0, 0.1) is 0 Å². The Kier molecular flexibility index (Phi) is 3.94. The fourth-order valence-electron chi connectivity index (χ4n) is 1.54. The van der Waals surface area contributed by atoms with Crippen molar-refractivity contribution in [2.45, 2.75) is 6.10 Å². The maximum Gasteiger partial charge on any atom is 0.126 e. The lowest BCUT2D eigenvalue weighted by Crippen LogP contribution is -2.00. The van der Waals surface area contributed by atoms with Crippen molar-refractivity contribution in [3.05, 3.63) is 50.1 Å². The summed E-state index contributed by atoms with van der Waals surface area (Å²) in [7, 11) is 1.54. The quantitative estimate of drug-likeness (QED) is 0.920. The molecule has 1 atom stereocenters. The van der Waals surface area contributed by atoms with Gasteiger partial charge in [0.25, 0.3) is 0 Å². The molecule has 0 amide bonds. The molecule has 17 heavy (non-hydrogen) atoms. The van der Waals surface area contributed by atoms with E-state index in [1.165, 1.54) is 11.3 Å². The second kappa shape index (κ2) is 5.27. The highest BCUT2D eigenvalue weighted by Gasteiger charge is 2.17. The Morgan fingerprint density at radius 1 is 1.24 bits per heavy atom. The summed E-state index contributed by atoms with van der Waals surface area (Å²) in [5.74, 6) is 0.564. The first kappa shape index (κ1) is 12.7. The molecule has 1 unspecified atom stereocenters. The van der Waals surface area contributed by atoms with Crippen LogP contribution in [0.4, 0.5) is 0 Å². The van der Waals surface area contributed by atoms with Crippen LogP contribution in [0.2, 0.25) is 9.36 Å². The van der Waals surface area contributed by atoms with Crippen molar-refractivity contribution in [2.75, 3.05) is 7.11 Å². The Morgan fingerprint density at radius 2 is 2.00 bits per heavy atom. The Bertz CT molecular complexity index is 525. The van der Waals surface area contributed by atoms with Crippen molar-refractivity contribution in [3.8, 4) is 5.75 Å². The number of methoxy groups -OCH3 is 1. The third-order valence-electron chi connectivity index (χ3n) is 2.35. The van der Waals surface area contributed by atoms with E-state index in [1.807, 2.05) is 0 Å². The Balaban J connectivity index is 2.39. The molecule has 0 aliphatic carbocycles. The Labute approximate surface area is 113 Å². The van der Waals surface area contributed by atoms with Crippen molar-refractivity contribution in [3.63, 3.8) is 0 Å². The van der Waals surface area contributed by atoms with E-state index in [0.29, 0.717) is 20.7 Å². The molecular weight excluding hydrogens is 279 g/mol. The normalized spacial score (nSPS) is 12.5. The standard InChI is InChI=1S/C12H10Cl2O2S/c1-16-9-6-7(13)2-3-8(9)12(15)10-4-5-11(14)17-10/h2-6,12,15H,1H3. The average molecular weight is 289 g/mol. The molecule has 0 fully saturated rings. The van der Waals surface area contributed by atoms with Crippen LogP contribution < -0.4 is 4.74 Å². The van der Waals surface area contributed by atoms with Crippen LogP contribution in [0.25, 0.3) is 0 Å². The number of hydrogen-bond donors (Lipinski definition) is 1. The third kappa shape index (κ3) is 2.75. The molecule has 0 aliphatic rings. The first-order valence-corrected chi connectivity index (χ1v) is 6.46. The second-order valence-corrected chi connectivity index (χ2v) is 5.61. The van der Waals surface area contributed by atoms with E-state index in [4.69, 9.17) is 27.9 Å². The molecule has 1 heterocycles. The zero-order valence-corrected chi connectivity index (χ0v) is 11.3. The van der Waals surface area contributed by atoms with E-state index in [1.54, 1.807) is 37.4 Å². The summed E-state index contributed by atoms with van der Waals surface area (Å²) in [5, 5.41) is 10.8. The molecule has 0 aliphatic heterocycles. The zero-order valence-electron chi connectivity index (χ0n) is 8.98.